The molecule has 0 atom stereocenters. The third-order valence-corrected chi connectivity index (χ3v) is 4.55. The maximum Gasteiger partial charge on any atom is 0.344 e. The summed E-state index contributed by atoms with van der Waals surface area (Å²) in [6, 6.07) is 25.9. The van der Waals surface area contributed by atoms with Gasteiger partial charge in [-0.1, -0.05) is 60.7 Å². The number of carbonyl (C=O) groups is 1. The number of rotatable bonds is 3. The molecule has 3 aromatic rings. The third kappa shape index (κ3) is 2.78. The summed E-state index contributed by atoms with van der Waals surface area (Å²) in [6.45, 7) is 0. The van der Waals surface area contributed by atoms with Gasteiger partial charge in [0, 0.05) is 30.9 Å². The second-order valence-corrected chi connectivity index (χ2v) is 6.45. The number of hydrogen-bond donors (Lipinski definition) is 0. The highest BCUT2D eigenvalue weighted by Crippen LogP contribution is 2.39. The molecular weight excluding hydrogens is 322 g/mol. The number of anilines is 1. The molecule has 3 nitrogen and oxygen atoms in total. The van der Waals surface area contributed by atoms with E-state index in [1.165, 1.54) is 0 Å². The van der Waals surface area contributed by atoms with Crippen molar-refractivity contribution in [2.24, 2.45) is 0 Å². The highest BCUT2D eigenvalue weighted by atomic mass is 16.5. The molecule has 0 aromatic heterocycles. The Morgan fingerprint density at radius 2 is 1.31 bits per heavy atom. The van der Waals surface area contributed by atoms with E-state index in [0.717, 1.165) is 28.0 Å². The van der Waals surface area contributed by atoms with Crippen LogP contribution in [-0.4, -0.2) is 20.1 Å². The van der Waals surface area contributed by atoms with Crippen molar-refractivity contribution in [1.29, 1.82) is 0 Å². The van der Waals surface area contributed by atoms with Crippen LogP contribution in [0.5, 0.6) is 0 Å². The van der Waals surface area contributed by atoms with E-state index >= 15 is 0 Å². The minimum absolute atomic E-state index is 0.297. The van der Waals surface area contributed by atoms with Gasteiger partial charge in [-0.15, -0.1) is 0 Å². The first-order valence-corrected chi connectivity index (χ1v) is 8.54. The lowest BCUT2D eigenvalue weighted by Gasteiger charge is -2.15. The van der Waals surface area contributed by atoms with Crippen LogP contribution >= 0.6 is 0 Å². The molecule has 0 bridgehead atoms. The molecule has 0 unspecified atom stereocenters. The SMILES string of the molecule is CN(C)c1ccc(C(=C2OC(=O)c3ccccc32)c2ccccc2)cc1. The molecule has 0 amide bonds. The lowest BCUT2D eigenvalue weighted by molar-refractivity contribution is 0.0716. The van der Waals surface area contributed by atoms with E-state index < -0.39 is 0 Å². The van der Waals surface area contributed by atoms with Crippen LogP contribution < -0.4 is 4.90 Å². The molecule has 0 aliphatic carbocycles. The Morgan fingerprint density at radius 1 is 0.731 bits per heavy atom. The summed E-state index contributed by atoms with van der Waals surface area (Å²) in [5.41, 5.74) is 5.53. The topological polar surface area (TPSA) is 29.5 Å². The number of fused-ring (bicyclic) bond motifs is 1. The Balaban J connectivity index is 1.95. The fourth-order valence-electron chi connectivity index (χ4n) is 3.21. The van der Waals surface area contributed by atoms with Crippen LogP contribution in [0.3, 0.4) is 0 Å². The van der Waals surface area contributed by atoms with E-state index in [4.69, 9.17) is 4.74 Å². The Bertz CT molecular complexity index is 986. The molecule has 26 heavy (non-hydrogen) atoms. The van der Waals surface area contributed by atoms with Crippen molar-refractivity contribution in [3.63, 3.8) is 0 Å². The van der Waals surface area contributed by atoms with Crippen molar-refractivity contribution in [3.05, 3.63) is 101 Å². The first-order valence-electron chi connectivity index (χ1n) is 8.54. The molecular formula is C23H19NO2. The molecule has 128 valence electrons. The van der Waals surface area contributed by atoms with E-state index in [2.05, 4.69) is 29.2 Å². The molecule has 4 rings (SSSR count). The predicted molar refractivity (Wildman–Crippen MR) is 105 cm³/mol. The van der Waals surface area contributed by atoms with Crippen molar-refractivity contribution in [1.82, 2.24) is 0 Å². The summed E-state index contributed by atoms with van der Waals surface area (Å²) in [5.74, 6) is 0.323. The van der Waals surface area contributed by atoms with Gasteiger partial charge in [0.15, 0.2) is 0 Å². The summed E-state index contributed by atoms with van der Waals surface area (Å²) in [6.07, 6.45) is 0. The van der Waals surface area contributed by atoms with Crippen LogP contribution in [-0.2, 0) is 4.74 Å². The maximum atomic E-state index is 12.3. The molecule has 0 radical (unpaired) electrons. The van der Waals surface area contributed by atoms with E-state index in [1.807, 2.05) is 68.7 Å². The Kier molecular flexibility index (Phi) is 4.05. The zero-order valence-corrected chi connectivity index (χ0v) is 14.8. The average Bonchev–Trinajstić information content (AvgIpc) is 3.00. The average molecular weight is 341 g/mol. The molecule has 0 fully saturated rings. The normalized spacial score (nSPS) is 14.6. The summed E-state index contributed by atoms with van der Waals surface area (Å²) in [5, 5.41) is 0. The Hall–Kier alpha value is -3.33. The lowest BCUT2D eigenvalue weighted by atomic mass is 9.93. The van der Waals surface area contributed by atoms with Crippen LogP contribution in [0, 0.1) is 0 Å². The first kappa shape index (κ1) is 16.2. The second kappa shape index (κ2) is 6.52. The standard InChI is InChI=1S/C23H19NO2/c1-24(2)18-14-12-17(13-15-18)21(16-8-4-3-5-9-16)22-19-10-6-7-11-20(19)23(25)26-22/h3-15H,1-2H3. The highest BCUT2D eigenvalue weighted by Gasteiger charge is 2.29. The third-order valence-electron chi connectivity index (χ3n) is 4.55. The van der Waals surface area contributed by atoms with Gasteiger partial charge in [-0.05, 0) is 29.3 Å². The van der Waals surface area contributed by atoms with Gasteiger partial charge in [-0.2, -0.15) is 0 Å². The van der Waals surface area contributed by atoms with E-state index in [-0.39, 0.29) is 5.97 Å². The molecule has 3 heteroatoms. The van der Waals surface area contributed by atoms with Gasteiger partial charge >= 0.3 is 5.97 Å². The number of esters is 1. The largest absolute Gasteiger partial charge is 0.422 e. The second-order valence-electron chi connectivity index (χ2n) is 6.45. The van der Waals surface area contributed by atoms with Crippen molar-refractivity contribution >= 4 is 23.0 Å². The minimum Gasteiger partial charge on any atom is -0.422 e. The van der Waals surface area contributed by atoms with Gasteiger partial charge < -0.3 is 9.64 Å². The van der Waals surface area contributed by atoms with Crippen LogP contribution in [0.25, 0.3) is 11.3 Å². The fourth-order valence-corrected chi connectivity index (χ4v) is 3.21. The van der Waals surface area contributed by atoms with Gasteiger partial charge in [0.05, 0.1) is 5.56 Å². The number of hydrogen-bond acceptors (Lipinski definition) is 3. The molecule has 0 saturated carbocycles. The van der Waals surface area contributed by atoms with Crippen molar-refractivity contribution in [2.75, 3.05) is 19.0 Å². The monoisotopic (exact) mass is 341 g/mol. The van der Waals surface area contributed by atoms with E-state index in [0.29, 0.717) is 11.3 Å². The highest BCUT2D eigenvalue weighted by molar-refractivity contribution is 6.10. The van der Waals surface area contributed by atoms with Crippen LogP contribution in [0.1, 0.15) is 27.0 Å². The molecule has 1 heterocycles. The lowest BCUT2D eigenvalue weighted by Crippen LogP contribution is -2.08. The number of cyclic esters (lactones) is 1. The molecule has 0 N–H and O–H groups in total. The number of ether oxygens (including phenoxy) is 1. The van der Waals surface area contributed by atoms with Crippen molar-refractivity contribution < 1.29 is 9.53 Å². The van der Waals surface area contributed by atoms with Gasteiger partial charge in [0.1, 0.15) is 5.76 Å². The fraction of sp³-hybridized carbons (Fsp3) is 0.0870. The Morgan fingerprint density at radius 3 is 1.96 bits per heavy atom. The number of carbonyl (C=O) groups excluding carboxylic acids is 1. The van der Waals surface area contributed by atoms with Gasteiger partial charge in [0.25, 0.3) is 0 Å². The van der Waals surface area contributed by atoms with Crippen LogP contribution in [0.2, 0.25) is 0 Å². The predicted octanol–water partition coefficient (Wildman–Crippen LogP) is 4.84. The Labute approximate surface area is 153 Å². The van der Waals surface area contributed by atoms with E-state index in [1.54, 1.807) is 0 Å². The first-order chi connectivity index (χ1) is 12.6. The summed E-state index contributed by atoms with van der Waals surface area (Å²) >= 11 is 0. The summed E-state index contributed by atoms with van der Waals surface area (Å²) in [7, 11) is 4.03. The van der Waals surface area contributed by atoms with Crippen molar-refractivity contribution in [3.8, 4) is 0 Å². The summed E-state index contributed by atoms with van der Waals surface area (Å²) < 4.78 is 5.71. The zero-order chi connectivity index (χ0) is 18.1. The number of benzene rings is 3. The molecule has 1 aliphatic rings. The van der Waals surface area contributed by atoms with Crippen LogP contribution in [0.4, 0.5) is 5.69 Å². The molecule has 1 aliphatic heterocycles. The minimum atomic E-state index is -0.297. The van der Waals surface area contributed by atoms with Gasteiger partial charge in [0.2, 0.25) is 0 Å². The summed E-state index contributed by atoms with van der Waals surface area (Å²) in [4.78, 5) is 14.4. The van der Waals surface area contributed by atoms with Crippen molar-refractivity contribution in [2.45, 2.75) is 0 Å². The molecule has 0 saturated heterocycles. The molecule has 3 aromatic carbocycles. The quantitative estimate of drug-likeness (QED) is 0.639. The van der Waals surface area contributed by atoms with E-state index in [9.17, 15) is 4.79 Å². The smallest absolute Gasteiger partial charge is 0.344 e. The molecule has 0 spiro atoms. The van der Waals surface area contributed by atoms with Gasteiger partial charge in [-0.3, -0.25) is 0 Å². The number of nitrogens with zero attached hydrogens (tertiary/aromatic N) is 1. The van der Waals surface area contributed by atoms with Gasteiger partial charge in [-0.25, -0.2) is 4.79 Å². The van der Waals surface area contributed by atoms with Crippen LogP contribution in [0.15, 0.2) is 78.9 Å². The zero-order valence-electron chi connectivity index (χ0n) is 14.8. The maximum absolute atomic E-state index is 12.3.